The highest BCUT2D eigenvalue weighted by molar-refractivity contribution is 9.10. The highest BCUT2D eigenvalue weighted by Crippen LogP contribution is 2.29. The van der Waals surface area contributed by atoms with Crippen molar-refractivity contribution in [1.82, 2.24) is 4.98 Å². The molecule has 0 amide bonds. The second-order valence-corrected chi connectivity index (χ2v) is 7.44. The molecule has 5 nitrogen and oxygen atoms in total. The van der Waals surface area contributed by atoms with Gasteiger partial charge in [-0.2, -0.15) is 0 Å². The van der Waals surface area contributed by atoms with Crippen LogP contribution in [-0.2, 0) is 10.0 Å². The topological polar surface area (TPSA) is 62.3 Å². The number of benzene rings is 1. The summed E-state index contributed by atoms with van der Waals surface area (Å²) in [6.45, 7) is 0. The van der Waals surface area contributed by atoms with Gasteiger partial charge in [0.1, 0.15) is 4.90 Å². The van der Waals surface area contributed by atoms with Gasteiger partial charge in [-0.3, -0.25) is 9.71 Å². The summed E-state index contributed by atoms with van der Waals surface area (Å²) in [5, 5.41) is 0.146. The van der Waals surface area contributed by atoms with E-state index in [4.69, 9.17) is 11.6 Å². The summed E-state index contributed by atoms with van der Waals surface area (Å²) in [5.74, 6) is 0. The molecule has 0 aliphatic heterocycles. The largest absolute Gasteiger partial charge is 0.376 e. The molecule has 1 heterocycles. The van der Waals surface area contributed by atoms with Crippen LogP contribution >= 0.6 is 27.5 Å². The number of anilines is 2. The molecule has 0 bridgehead atoms. The molecule has 0 fully saturated rings. The highest BCUT2D eigenvalue weighted by Gasteiger charge is 2.20. The van der Waals surface area contributed by atoms with Crippen LogP contribution in [0, 0.1) is 0 Å². The zero-order chi connectivity index (χ0) is 15.6. The minimum atomic E-state index is -3.79. The van der Waals surface area contributed by atoms with Crippen molar-refractivity contribution in [3.05, 3.63) is 46.2 Å². The number of halogens is 2. The quantitative estimate of drug-likeness (QED) is 0.869. The maximum absolute atomic E-state index is 12.5. The number of hydrogen-bond donors (Lipinski definition) is 1. The minimum absolute atomic E-state index is 0.0147. The minimum Gasteiger partial charge on any atom is -0.376 e. The predicted octanol–water partition coefficient (Wildman–Crippen LogP) is 3.36. The van der Waals surface area contributed by atoms with Gasteiger partial charge in [-0.15, -0.1) is 0 Å². The van der Waals surface area contributed by atoms with Gasteiger partial charge in [-0.1, -0.05) is 27.5 Å². The Hall–Kier alpha value is -1.31. The van der Waals surface area contributed by atoms with Crippen molar-refractivity contribution < 1.29 is 8.42 Å². The molecule has 0 aliphatic rings. The first kappa shape index (κ1) is 16.1. The second-order valence-electron chi connectivity index (χ2n) is 4.47. The summed E-state index contributed by atoms with van der Waals surface area (Å²) in [6, 6.07) is 6.32. The monoisotopic (exact) mass is 389 g/mol. The first-order valence-corrected chi connectivity index (χ1v) is 8.56. The second kappa shape index (κ2) is 6.21. The van der Waals surface area contributed by atoms with Crippen LogP contribution in [0.25, 0.3) is 0 Å². The first-order chi connectivity index (χ1) is 9.81. The zero-order valence-electron chi connectivity index (χ0n) is 11.3. The fourth-order valence-corrected chi connectivity index (χ4v) is 3.85. The third kappa shape index (κ3) is 3.66. The lowest BCUT2D eigenvalue weighted by Gasteiger charge is -2.18. The molecular weight excluding hydrogens is 378 g/mol. The molecule has 0 saturated heterocycles. The van der Waals surface area contributed by atoms with E-state index in [1.165, 1.54) is 18.3 Å². The van der Waals surface area contributed by atoms with Crippen LogP contribution in [-0.4, -0.2) is 27.5 Å². The average molecular weight is 391 g/mol. The van der Waals surface area contributed by atoms with E-state index in [-0.39, 0.29) is 9.92 Å². The smallest absolute Gasteiger partial charge is 0.263 e. The summed E-state index contributed by atoms with van der Waals surface area (Å²) >= 11 is 9.25. The summed E-state index contributed by atoms with van der Waals surface area (Å²) < 4.78 is 28.1. The third-order valence-electron chi connectivity index (χ3n) is 2.71. The van der Waals surface area contributed by atoms with E-state index in [0.29, 0.717) is 15.8 Å². The third-order valence-corrected chi connectivity index (χ3v) is 5.05. The number of hydrogen-bond acceptors (Lipinski definition) is 4. The summed E-state index contributed by atoms with van der Waals surface area (Å²) in [7, 11) is -0.148. The number of sulfonamides is 1. The SMILES string of the molecule is CN(C)c1ccncc1NS(=O)(=O)c1ccc(Br)cc1Cl. The maximum Gasteiger partial charge on any atom is 0.263 e. The lowest BCUT2D eigenvalue weighted by molar-refractivity contribution is 0.601. The van der Waals surface area contributed by atoms with E-state index in [9.17, 15) is 8.42 Å². The number of pyridine rings is 1. The van der Waals surface area contributed by atoms with Crippen molar-refractivity contribution >= 4 is 48.9 Å². The van der Waals surface area contributed by atoms with Crippen molar-refractivity contribution in [1.29, 1.82) is 0 Å². The first-order valence-electron chi connectivity index (χ1n) is 5.90. The fourth-order valence-electron chi connectivity index (χ4n) is 1.75. The van der Waals surface area contributed by atoms with Crippen LogP contribution < -0.4 is 9.62 Å². The normalized spacial score (nSPS) is 11.2. The van der Waals surface area contributed by atoms with Gasteiger partial charge in [0, 0.05) is 24.8 Å². The number of nitrogens with zero attached hydrogens (tertiary/aromatic N) is 2. The Bertz CT molecular complexity index is 766. The number of nitrogens with one attached hydrogen (secondary N) is 1. The number of rotatable bonds is 4. The van der Waals surface area contributed by atoms with Gasteiger partial charge in [0.15, 0.2) is 0 Å². The Morgan fingerprint density at radius 3 is 2.62 bits per heavy atom. The average Bonchev–Trinajstić information content (AvgIpc) is 2.37. The Labute approximate surface area is 137 Å². The molecule has 112 valence electrons. The molecule has 1 aromatic carbocycles. The summed E-state index contributed by atoms with van der Waals surface area (Å²) in [6.07, 6.45) is 3.05. The standard InChI is InChI=1S/C13H13BrClN3O2S/c1-18(2)12-5-6-16-8-11(12)17-21(19,20)13-4-3-9(14)7-10(13)15/h3-8,17H,1-2H3. The van der Waals surface area contributed by atoms with Crippen molar-refractivity contribution in [2.75, 3.05) is 23.7 Å². The summed E-state index contributed by atoms with van der Waals surface area (Å²) in [5.41, 5.74) is 1.10. The molecule has 0 atom stereocenters. The van der Waals surface area contributed by atoms with E-state index in [0.717, 1.165) is 0 Å². The molecule has 2 aromatic rings. The van der Waals surface area contributed by atoms with Crippen molar-refractivity contribution in [3.8, 4) is 0 Å². The number of aromatic nitrogens is 1. The molecule has 0 radical (unpaired) electrons. The van der Waals surface area contributed by atoms with Crippen molar-refractivity contribution in [2.45, 2.75) is 4.90 Å². The molecule has 0 saturated carbocycles. The van der Waals surface area contributed by atoms with Crippen molar-refractivity contribution in [2.24, 2.45) is 0 Å². The molecule has 1 N–H and O–H groups in total. The van der Waals surface area contributed by atoms with Gasteiger partial charge < -0.3 is 4.90 Å². The van der Waals surface area contributed by atoms with Crippen molar-refractivity contribution in [3.63, 3.8) is 0 Å². The maximum atomic E-state index is 12.5. The van der Waals surface area contributed by atoms with E-state index in [1.54, 1.807) is 23.2 Å². The van der Waals surface area contributed by atoms with Crippen LogP contribution in [0.3, 0.4) is 0 Å². The Balaban J connectivity index is 2.43. The van der Waals surface area contributed by atoms with E-state index >= 15 is 0 Å². The van der Waals surface area contributed by atoms with E-state index in [1.807, 2.05) is 14.1 Å². The Kier molecular flexibility index (Phi) is 4.75. The zero-order valence-corrected chi connectivity index (χ0v) is 14.5. The Morgan fingerprint density at radius 1 is 1.29 bits per heavy atom. The van der Waals surface area contributed by atoms with Gasteiger partial charge >= 0.3 is 0 Å². The van der Waals surface area contributed by atoms with Gasteiger partial charge in [0.05, 0.1) is 22.6 Å². The van der Waals surface area contributed by atoms with Crippen LogP contribution in [0.5, 0.6) is 0 Å². The van der Waals surface area contributed by atoms with E-state index in [2.05, 4.69) is 25.6 Å². The predicted molar refractivity (Wildman–Crippen MR) is 88.5 cm³/mol. The molecule has 21 heavy (non-hydrogen) atoms. The summed E-state index contributed by atoms with van der Waals surface area (Å²) in [4.78, 5) is 5.76. The lowest BCUT2D eigenvalue weighted by atomic mass is 10.3. The van der Waals surface area contributed by atoms with E-state index < -0.39 is 10.0 Å². The molecule has 0 aliphatic carbocycles. The van der Waals surface area contributed by atoms with Gasteiger partial charge in [0.2, 0.25) is 0 Å². The molecular formula is C13H13BrClN3O2S. The Morgan fingerprint density at radius 2 is 2.00 bits per heavy atom. The molecule has 1 aromatic heterocycles. The molecule has 0 unspecified atom stereocenters. The van der Waals surface area contributed by atoms with Crippen LogP contribution in [0.15, 0.2) is 46.0 Å². The van der Waals surface area contributed by atoms with Gasteiger partial charge in [-0.25, -0.2) is 8.42 Å². The van der Waals surface area contributed by atoms with Gasteiger partial charge in [-0.05, 0) is 24.3 Å². The van der Waals surface area contributed by atoms with Crippen LogP contribution in [0.2, 0.25) is 5.02 Å². The van der Waals surface area contributed by atoms with Crippen LogP contribution in [0.4, 0.5) is 11.4 Å². The van der Waals surface area contributed by atoms with Crippen LogP contribution in [0.1, 0.15) is 0 Å². The molecule has 8 heteroatoms. The lowest BCUT2D eigenvalue weighted by Crippen LogP contribution is -2.17. The van der Waals surface area contributed by atoms with Gasteiger partial charge in [0.25, 0.3) is 10.0 Å². The highest BCUT2D eigenvalue weighted by atomic mass is 79.9. The molecule has 2 rings (SSSR count). The fraction of sp³-hybridized carbons (Fsp3) is 0.154. The molecule has 0 spiro atoms.